The minimum Gasteiger partial charge on any atom is -0.480 e. The van der Waals surface area contributed by atoms with E-state index in [4.69, 9.17) is 21.7 Å². The van der Waals surface area contributed by atoms with Gasteiger partial charge in [0.1, 0.15) is 12.1 Å². The zero-order valence-electron chi connectivity index (χ0n) is 13.9. The number of primary amides is 1. The first-order valence-corrected chi connectivity index (χ1v) is 7.76. The van der Waals surface area contributed by atoms with Crippen LogP contribution in [0, 0.1) is 0 Å². The molecule has 10 nitrogen and oxygen atoms in total. The molecule has 1 aromatic carbocycles. The molecule has 142 valence electrons. The first-order chi connectivity index (χ1) is 12.2. The van der Waals surface area contributed by atoms with E-state index < -0.39 is 54.8 Å². The van der Waals surface area contributed by atoms with Crippen LogP contribution in [-0.4, -0.2) is 58.6 Å². The van der Waals surface area contributed by atoms with Crippen LogP contribution < -0.4 is 22.1 Å². The van der Waals surface area contributed by atoms with E-state index in [0.717, 1.165) is 0 Å². The van der Waals surface area contributed by atoms with Crippen molar-refractivity contribution in [2.45, 2.75) is 31.0 Å². The van der Waals surface area contributed by atoms with E-state index >= 15 is 0 Å². The third-order valence-electron chi connectivity index (χ3n) is 3.47. The van der Waals surface area contributed by atoms with Crippen LogP contribution in [0.2, 0.25) is 0 Å². The van der Waals surface area contributed by atoms with Gasteiger partial charge < -0.3 is 32.3 Å². The molecule has 0 saturated heterocycles. The molecule has 0 radical (unpaired) electrons. The molecule has 26 heavy (non-hydrogen) atoms. The summed E-state index contributed by atoms with van der Waals surface area (Å²) in [6, 6.07) is 4.76. The summed E-state index contributed by atoms with van der Waals surface area (Å²) < 4.78 is 0. The third kappa shape index (κ3) is 6.87. The first kappa shape index (κ1) is 21.1. The van der Waals surface area contributed by atoms with Gasteiger partial charge in [0.15, 0.2) is 0 Å². The van der Waals surface area contributed by atoms with Gasteiger partial charge in [-0.2, -0.15) is 0 Å². The van der Waals surface area contributed by atoms with Gasteiger partial charge in [0.25, 0.3) is 0 Å². The normalized spacial score (nSPS) is 13.9. The molecule has 8 N–H and O–H groups in total. The van der Waals surface area contributed by atoms with E-state index in [1.165, 1.54) is 0 Å². The molecule has 0 saturated carbocycles. The number of aliphatic carboxylic acids is 1. The van der Waals surface area contributed by atoms with Crippen LogP contribution in [0.25, 0.3) is 0 Å². The van der Waals surface area contributed by atoms with Crippen LogP contribution in [0.1, 0.15) is 12.0 Å². The van der Waals surface area contributed by atoms with Gasteiger partial charge in [-0.1, -0.05) is 30.3 Å². The van der Waals surface area contributed by atoms with Crippen molar-refractivity contribution < 1.29 is 29.4 Å². The summed E-state index contributed by atoms with van der Waals surface area (Å²) in [5.41, 5.74) is 11.2. The lowest BCUT2D eigenvalue weighted by Crippen LogP contribution is -2.56. The van der Waals surface area contributed by atoms with Crippen molar-refractivity contribution in [1.29, 1.82) is 0 Å². The molecule has 0 spiro atoms. The lowest BCUT2D eigenvalue weighted by molar-refractivity contribution is -0.143. The molecule has 1 rings (SSSR count). The number of carboxylic acid groups (broad SMARTS) is 1. The zero-order valence-corrected chi connectivity index (χ0v) is 13.9. The Kier molecular flexibility index (Phi) is 8.19. The largest absolute Gasteiger partial charge is 0.480 e. The molecule has 0 aromatic heterocycles. The maximum Gasteiger partial charge on any atom is 0.328 e. The monoisotopic (exact) mass is 366 g/mol. The smallest absolute Gasteiger partial charge is 0.328 e. The van der Waals surface area contributed by atoms with E-state index in [0.29, 0.717) is 5.56 Å². The van der Waals surface area contributed by atoms with Crippen molar-refractivity contribution in [1.82, 2.24) is 10.6 Å². The number of carbonyl (C=O) groups excluding carboxylic acids is 3. The van der Waals surface area contributed by atoms with Crippen molar-refractivity contribution in [3.63, 3.8) is 0 Å². The highest BCUT2D eigenvalue weighted by atomic mass is 16.4. The van der Waals surface area contributed by atoms with Gasteiger partial charge in [0.05, 0.1) is 19.1 Å². The highest BCUT2D eigenvalue weighted by molar-refractivity contribution is 5.93. The second kappa shape index (κ2) is 10.1. The molecule has 10 heteroatoms. The van der Waals surface area contributed by atoms with Crippen LogP contribution in [0.4, 0.5) is 0 Å². The average molecular weight is 366 g/mol. The SMILES string of the molecule is NC(=O)C[C@H](N)C(=O)N[C@@H](Cc1ccccc1)C(=O)N[C@@H](CO)C(=O)O. The molecule has 3 amide bonds. The summed E-state index contributed by atoms with van der Waals surface area (Å²) in [7, 11) is 0. The lowest BCUT2D eigenvalue weighted by Gasteiger charge is -2.22. The summed E-state index contributed by atoms with van der Waals surface area (Å²) in [5, 5.41) is 22.5. The number of nitrogens with one attached hydrogen (secondary N) is 2. The van der Waals surface area contributed by atoms with Gasteiger partial charge in [-0.3, -0.25) is 14.4 Å². The Bertz CT molecular complexity index is 651. The quantitative estimate of drug-likeness (QED) is 0.264. The number of nitrogens with two attached hydrogens (primary N) is 2. The Morgan fingerprint density at radius 1 is 1.00 bits per heavy atom. The number of carboxylic acids is 1. The number of aliphatic hydroxyl groups is 1. The molecule has 0 fully saturated rings. The maximum atomic E-state index is 12.4. The number of aliphatic hydroxyl groups excluding tert-OH is 1. The Morgan fingerprint density at radius 3 is 2.08 bits per heavy atom. The van der Waals surface area contributed by atoms with Crippen molar-refractivity contribution in [2.24, 2.45) is 11.5 Å². The zero-order chi connectivity index (χ0) is 19.7. The molecule has 3 atom stereocenters. The van der Waals surface area contributed by atoms with E-state index in [1.807, 2.05) is 0 Å². The second-order valence-electron chi connectivity index (χ2n) is 5.61. The molecule has 0 bridgehead atoms. The number of rotatable bonds is 10. The summed E-state index contributed by atoms with van der Waals surface area (Å²) in [6.45, 7) is -0.811. The van der Waals surface area contributed by atoms with E-state index in [-0.39, 0.29) is 6.42 Å². The van der Waals surface area contributed by atoms with Crippen molar-refractivity contribution in [3.05, 3.63) is 35.9 Å². The standard InChI is InChI=1S/C16H22N4O6/c17-10(7-13(18)22)14(23)19-11(6-9-4-2-1-3-5-9)15(24)20-12(8-21)16(25)26/h1-5,10-12,21H,6-8,17H2,(H2,18,22)(H,19,23)(H,20,24)(H,25,26)/t10-,11-,12-/m0/s1. The highest BCUT2D eigenvalue weighted by Crippen LogP contribution is 2.05. The van der Waals surface area contributed by atoms with Crippen LogP contribution in [-0.2, 0) is 25.6 Å². The van der Waals surface area contributed by atoms with Crippen molar-refractivity contribution in [3.8, 4) is 0 Å². The number of amides is 3. The van der Waals surface area contributed by atoms with Crippen LogP contribution in [0.3, 0.4) is 0 Å². The molecule has 0 aliphatic heterocycles. The fourth-order valence-electron chi connectivity index (χ4n) is 2.11. The number of carbonyl (C=O) groups is 4. The number of benzene rings is 1. The topological polar surface area (TPSA) is 185 Å². The molecule has 0 unspecified atom stereocenters. The third-order valence-corrected chi connectivity index (χ3v) is 3.47. The van der Waals surface area contributed by atoms with E-state index in [9.17, 15) is 19.2 Å². The fourth-order valence-corrected chi connectivity index (χ4v) is 2.11. The second-order valence-corrected chi connectivity index (χ2v) is 5.61. The fraction of sp³-hybridized carbons (Fsp3) is 0.375. The van der Waals surface area contributed by atoms with Crippen LogP contribution in [0.15, 0.2) is 30.3 Å². The predicted octanol–water partition coefficient (Wildman–Crippen LogP) is -2.52. The Labute approximate surface area is 149 Å². The summed E-state index contributed by atoms with van der Waals surface area (Å²) in [5.74, 6) is -3.79. The van der Waals surface area contributed by atoms with Gasteiger partial charge in [0, 0.05) is 6.42 Å². The van der Waals surface area contributed by atoms with Crippen LogP contribution >= 0.6 is 0 Å². The summed E-state index contributed by atoms with van der Waals surface area (Å²) >= 11 is 0. The van der Waals surface area contributed by atoms with Gasteiger partial charge in [-0.25, -0.2) is 4.79 Å². The van der Waals surface area contributed by atoms with E-state index in [1.54, 1.807) is 30.3 Å². The van der Waals surface area contributed by atoms with Crippen molar-refractivity contribution in [2.75, 3.05) is 6.61 Å². The number of hydrogen-bond acceptors (Lipinski definition) is 6. The maximum absolute atomic E-state index is 12.4. The van der Waals surface area contributed by atoms with Gasteiger partial charge in [-0.05, 0) is 5.56 Å². The molecule has 1 aromatic rings. The number of hydrogen-bond donors (Lipinski definition) is 6. The summed E-state index contributed by atoms with van der Waals surface area (Å²) in [6.07, 6.45) is -0.348. The molecule has 0 heterocycles. The molecular weight excluding hydrogens is 344 g/mol. The Hall–Kier alpha value is -2.98. The van der Waals surface area contributed by atoms with Gasteiger partial charge in [-0.15, -0.1) is 0 Å². The average Bonchev–Trinajstić information content (AvgIpc) is 2.58. The minimum absolute atomic E-state index is 0.0550. The first-order valence-electron chi connectivity index (χ1n) is 7.76. The predicted molar refractivity (Wildman–Crippen MR) is 90.5 cm³/mol. The molecular formula is C16H22N4O6. The Balaban J connectivity index is 2.90. The highest BCUT2D eigenvalue weighted by Gasteiger charge is 2.28. The van der Waals surface area contributed by atoms with Gasteiger partial charge in [0.2, 0.25) is 17.7 Å². The minimum atomic E-state index is -1.52. The van der Waals surface area contributed by atoms with E-state index in [2.05, 4.69) is 10.6 Å². The lowest BCUT2D eigenvalue weighted by atomic mass is 10.0. The van der Waals surface area contributed by atoms with Gasteiger partial charge >= 0.3 is 5.97 Å². The summed E-state index contributed by atoms with van der Waals surface area (Å²) in [4.78, 5) is 46.3. The Morgan fingerprint density at radius 2 is 1.58 bits per heavy atom. The van der Waals surface area contributed by atoms with Crippen LogP contribution in [0.5, 0.6) is 0 Å². The van der Waals surface area contributed by atoms with Crippen molar-refractivity contribution >= 4 is 23.7 Å². The molecule has 0 aliphatic rings. The molecule has 0 aliphatic carbocycles.